The van der Waals surface area contributed by atoms with Crippen molar-refractivity contribution in [3.05, 3.63) is 34.3 Å². The van der Waals surface area contributed by atoms with Crippen LogP contribution >= 0.6 is 0 Å². The fourth-order valence-electron chi connectivity index (χ4n) is 1.70. The van der Waals surface area contributed by atoms with Gasteiger partial charge in [-0.25, -0.2) is 4.99 Å². The lowest BCUT2D eigenvalue weighted by molar-refractivity contribution is 1.14. The van der Waals surface area contributed by atoms with Crippen molar-refractivity contribution in [1.29, 1.82) is 0 Å². The van der Waals surface area contributed by atoms with E-state index in [4.69, 9.17) is 5.73 Å². The zero-order valence-electron chi connectivity index (χ0n) is 8.38. The van der Waals surface area contributed by atoms with E-state index in [1.165, 1.54) is 0 Å². The van der Waals surface area contributed by atoms with Gasteiger partial charge in [-0.05, 0) is 24.3 Å². The van der Waals surface area contributed by atoms with E-state index < -0.39 is 0 Å². The van der Waals surface area contributed by atoms with Crippen LogP contribution in [-0.4, -0.2) is 12.2 Å². The molecule has 0 atom stereocenters. The van der Waals surface area contributed by atoms with Gasteiger partial charge < -0.3 is 11.1 Å². The molecule has 0 saturated carbocycles. The molecule has 5 nitrogen and oxygen atoms in total. The van der Waals surface area contributed by atoms with Crippen molar-refractivity contribution in [3.63, 3.8) is 0 Å². The highest BCUT2D eigenvalue weighted by atomic mass is 15.2. The highest BCUT2D eigenvalue weighted by Gasteiger charge is 2.09. The maximum atomic E-state index is 5.64. The molecule has 0 saturated heterocycles. The van der Waals surface area contributed by atoms with Crippen molar-refractivity contribution in [2.45, 2.75) is 0 Å². The quantitative estimate of drug-likeness (QED) is 0.623. The van der Waals surface area contributed by atoms with Crippen LogP contribution in [0, 0.1) is 0 Å². The third kappa shape index (κ3) is 1.30. The number of nitrogens with two attached hydrogens (primary N) is 1. The van der Waals surface area contributed by atoms with Gasteiger partial charge in [0.2, 0.25) is 0 Å². The fourth-order valence-corrected chi connectivity index (χ4v) is 1.70. The van der Waals surface area contributed by atoms with Crippen LogP contribution < -0.4 is 21.6 Å². The van der Waals surface area contributed by atoms with Gasteiger partial charge in [0, 0.05) is 23.2 Å². The molecule has 3 N–H and O–H groups in total. The first-order valence-electron chi connectivity index (χ1n) is 4.86. The van der Waals surface area contributed by atoms with Crippen LogP contribution in [0.3, 0.4) is 0 Å². The van der Waals surface area contributed by atoms with Crippen LogP contribution in [0.15, 0.2) is 33.4 Å². The summed E-state index contributed by atoms with van der Waals surface area (Å²) >= 11 is 0. The Labute approximate surface area is 91.4 Å². The topological polar surface area (TPSA) is 75.1 Å². The monoisotopic (exact) mass is 211 g/mol. The first-order chi connectivity index (χ1) is 7.84. The maximum Gasteiger partial charge on any atom is 0.197 e. The normalized spacial score (nSPS) is 15.9. The number of hydrogen-bond donors (Lipinski definition) is 2. The van der Waals surface area contributed by atoms with Gasteiger partial charge >= 0.3 is 0 Å². The molecule has 0 spiro atoms. The molecule has 2 aliphatic heterocycles. The number of nitrogens with one attached hydrogen (secondary N) is 1. The first-order valence-corrected chi connectivity index (χ1v) is 4.86. The first kappa shape index (κ1) is 8.84. The molecule has 2 aliphatic rings. The smallest absolute Gasteiger partial charge is 0.197 e. The Kier molecular flexibility index (Phi) is 1.83. The standard InChI is InChI=1S/C11H9N5/c12-11-13-6-7-3-4-9-8(10(7)15-11)2-1-5-14-16-9/h1-6H,(H3,12,13,15). The van der Waals surface area contributed by atoms with E-state index in [1.54, 1.807) is 12.4 Å². The number of hydrogen-bond acceptors (Lipinski definition) is 5. The summed E-state index contributed by atoms with van der Waals surface area (Å²) in [7, 11) is 0. The van der Waals surface area contributed by atoms with Crippen molar-refractivity contribution < 1.29 is 0 Å². The van der Waals surface area contributed by atoms with Crippen molar-refractivity contribution in [1.82, 2.24) is 0 Å². The molecule has 0 radical (unpaired) electrons. The van der Waals surface area contributed by atoms with Gasteiger partial charge in [0.25, 0.3) is 0 Å². The molecule has 16 heavy (non-hydrogen) atoms. The summed E-state index contributed by atoms with van der Waals surface area (Å²) in [5.74, 6) is 0.388. The summed E-state index contributed by atoms with van der Waals surface area (Å²) in [6, 6.07) is 3.85. The molecule has 5 heteroatoms. The summed E-state index contributed by atoms with van der Waals surface area (Å²) in [4.78, 5) is 4.02. The second-order valence-corrected chi connectivity index (χ2v) is 3.45. The molecule has 1 aromatic rings. The van der Waals surface area contributed by atoms with E-state index in [0.29, 0.717) is 5.96 Å². The van der Waals surface area contributed by atoms with Gasteiger partial charge in [0.1, 0.15) is 0 Å². The molecule has 78 valence electrons. The molecule has 0 bridgehead atoms. The third-order valence-electron chi connectivity index (χ3n) is 2.43. The summed E-state index contributed by atoms with van der Waals surface area (Å²) in [5.41, 5.74) is 7.55. The lowest BCUT2D eigenvalue weighted by atomic mass is 10.1. The Morgan fingerprint density at radius 2 is 2.19 bits per heavy atom. The SMILES string of the molecule is NC1=NC=c2ccc3c(c2N1)C=CC=NN=3. The Morgan fingerprint density at radius 3 is 3.12 bits per heavy atom. The van der Waals surface area contributed by atoms with Gasteiger partial charge in [0.05, 0.1) is 11.0 Å². The minimum Gasteiger partial charge on any atom is -0.369 e. The summed E-state index contributed by atoms with van der Waals surface area (Å²) < 4.78 is 0. The van der Waals surface area contributed by atoms with E-state index in [1.807, 2.05) is 24.3 Å². The fraction of sp³-hybridized carbons (Fsp3) is 0. The zero-order chi connectivity index (χ0) is 11.0. The molecule has 0 aliphatic carbocycles. The van der Waals surface area contributed by atoms with Crippen molar-refractivity contribution in [2.75, 3.05) is 5.32 Å². The minimum absolute atomic E-state index is 0.388. The summed E-state index contributed by atoms with van der Waals surface area (Å²) in [5, 5.41) is 12.8. The summed E-state index contributed by atoms with van der Waals surface area (Å²) in [6.45, 7) is 0. The predicted octanol–water partition coefficient (Wildman–Crippen LogP) is -0.203. The van der Waals surface area contributed by atoms with E-state index in [2.05, 4.69) is 20.5 Å². The third-order valence-corrected chi connectivity index (χ3v) is 2.43. The van der Waals surface area contributed by atoms with Crippen LogP contribution in [0.2, 0.25) is 0 Å². The second-order valence-electron chi connectivity index (χ2n) is 3.45. The van der Waals surface area contributed by atoms with Gasteiger partial charge in [-0.15, -0.1) is 0 Å². The van der Waals surface area contributed by atoms with Crippen molar-refractivity contribution in [3.8, 4) is 0 Å². The zero-order valence-corrected chi connectivity index (χ0v) is 8.38. The van der Waals surface area contributed by atoms with Gasteiger partial charge in [0.15, 0.2) is 5.96 Å². The lowest BCUT2D eigenvalue weighted by Gasteiger charge is -2.12. The van der Waals surface area contributed by atoms with Crippen LogP contribution in [0.5, 0.6) is 0 Å². The molecule has 0 unspecified atom stereocenters. The number of benzene rings is 1. The summed E-state index contributed by atoms with van der Waals surface area (Å²) in [6.07, 6.45) is 7.18. The number of guanidine groups is 1. The number of rotatable bonds is 0. The van der Waals surface area contributed by atoms with E-state index >= 15 is 0 Å². The van der Waals surface area contributed by atoms with Crippen LogP contribution in [0.25, 0.3) is 12.3 Å². The van der Waals surface area contributed by atoms with Gasteiger partial charge in [-0.1, -0.05) is 0 Å². The molecule has 0 fully saturated rings. The van der Waals surface area contributed by atoms with Crippen molar-refractivity contribution in [2.24, 2.45) is 20.9 Å². The Balaban J connectivity index is 2.36. The second kappa shape index (κ2) is 3.30. The van der Waals surface area contributed by atoms with Gasteiger partial charge in [-0.2, -0.15) is 10.2 Å². The van der Waals surface area contributed by atoms with E-state index in [0.717, 1.165) is 21.8 Å². The Morgan fingerprint density at radius 1 is 1.25 bits per heavy atom. The molecule has 1 aromatic carbocycles. The number of aliphatic imine (C=N–C) groups is 1. The van der Waals surface area contributed by atoms with Crippen molar-refractivity contribution >= 4 is 30.1 Å². The maximum absolute atomic E-state index is 5.64. The molecular weight excluding hydrogens is 202 g/mol. The molecule has 0 aromatic heterocycles. The number of fused-ring (bicyclic) bond motifs is 3. The lowest BCUT2D eigenvalue weighted by Crippen LogP contribution is -2.31. The van der Waals surface area contributed by atoms with Crippen LogP contribution in [-0.2, 0) is 0 Å². The number of allylic oxidation sites excluding steroid dienone is 1. The average molecular weight is 211 g/mol. The number of anilines is 1. The highest BCUT2D eigenvalue weighted by molar-refractivity contribution is 5.98. The molecule has 2 heterocycles. The minimum atomic E-state index is 0.388. The molecule has 3 rings (SSSR count). The van der Waals surface area contributed by atoms with Gasteiger partial charge in [-0.3, -0.25) is 0 Å². The molecule has 0 amide bonds. The molecular formula is C11H9N5. The van der Waals surface area contributed by atoms with E-state index in [-0.39, 0.29) is 0 Å². The average Bonchev–Trinajstić information content (AvgIpc) is 2.54. The van der Waals surface area contributed by atoms with Crippen LogP contribution in [0.1, 0.15) is 5.56 Å². The Hall–Kier alpha value is -2.43. The largest absolute Gasteiger partial charge is 0.369 e. The van der Waals surface area contributed by atoms with Crippen LogP contribution in [0.4, 0.5) is 5.69 Å². The van der Waals surface area contributed by atoms with E-state index in [9.17, 15) is 0 Å². The highest BCUT2D eigenvalue weighted by Crippen LogP contribution is 2.10. The number of nitrogens with zero attached hydrogens (tertiary/aromatic N) is 3. The predicted molar refractivity (Wildman–Crippen MR) is 64.5 cm³/mol. The Bertz CT molecular complexity index is 652.